The van der Waals surface area contributed by atoms with Crippen LogP contribution >= 0.6 is 0 Å². The molecule has 0 radical (unpaired) electrons. The third-order valence-electron chi connectivity index (χ3n) is 8.01. The van der Waals surface area contributed by atoms with Crippen molar-refractivity contribution in [1.82, 2.24) is 0 Å². The van der Waals surface area contributed by atoms with Gasteiger partial charge >= 0.3 is 53.1 Å². The summed E-state index contributed by atoms with van der Waals surface area (Å²) in [6.07, 6.45) is 0.287. The summed E-state index contributed by atoms with van der Waals surface area (Å²) in [5.74, 6) is 0. The van der Waals surface area contributed by atoms with E-state index in [-0.39, 0.29) is 72.3 Å². The van der Waals surface area contributed by atoms with Crippen LogP contribution < -0.4 is 10.4 Å². The molecule has 1 atom stereocenters. The van der Waals surface area contributed by atoms with E-state index >= 15 is 0 Å². The fraction of sp³-hybridized carbons (Fsp3) is 0.692. The Kier molecular flexibility index (Phi) is 26.4. The number of rotatable bonds is 37. The summed E-state index contributed by atoms with van der Waals surface area (Å²) in [5, 5.41) is 1.97. The van der Waals surface area contributed by atoms with Crippen LogP contribution in [0.25, 0.3) is 0 Å². The van der Waals surface area contributed by atoms with Crippen molar-refractivity contribution in [1.29, 1.82) is 0 Å². The van der Waals surface area contributed by atoms with Crippen LogP contribution in [0.15, 0.2) is 60.7 Å². The van der Waals surface area contributed by atoms with Gasteiger partial charge in [0.05, 0.1) is 0 Å². The third-order valence-corrected chi connectivity index (χ3v) is 31.3. The van der Waals surface area contributed by atoms with E-state index in [9.17, 15) is 0 Å². The minimum Gasteiger partial charge on any atom is -0.437 e. The minimum absolute atomic E-state index is 0.139. The van der Waals surface area contributed by atoms with Crippen molar-refractivity contribution in [2.24, 2.45) is 0 Å². The summed E-state index contributed by atoms with van der Waals surface area (Å²) in [7, 11) is -24.5. The summed E-state index contributed by atoms with van der Waals surface area (Å²) in [4.78, 5) is 0. The normalized spacial score (nSPS) is 14.4. The number of hydrogen-bond donors (Lipinski definition) is 0. The van der Waals surface area contributed by atoms with Crippen LogP contribution in [0.4, 0.5) is 0 Å². The zero-order chi connectivity index (χ0) is 46.2. The molecule has 358 valence electrons. The predicted molar refractivity (Wildman–Crippen MR) is 253 cm³/mol. The van der Waals surface area contributed by atoms with E-state index < -0.39 is 61.4 Å². The summed E-state index contributed by atoms with van der Waals surface area (Å²) in [6, 6.07) is 20.3. The van der Waals surface area contributed by atoms with Gasteiger partial charge in [0.15, 0.2) is 8.32 Å². The van der Waals surface area contributed by atoms with Crippen LogP contribution in [0, 0.1) is 0 Å². The molecular formula is C39H78O16Si7. The Bertz CT molecular complexity index is 1390. The number of benzene rings is 2. The third kappa shape index (κ3) is 18.5. The lowest BCUT2D eigenvalue weighted by Gasteiger charge is -2.41. The van der Waals surface area contributed by atoms with Crippen LogP contribution in [0.1, 0.15) is 68.7 Å². The Labute approximate surface area is 380 Å². The van der Waals surface area contributed by atoms with E-state index in [1.165, 1.54) is 0 Å². The van der Waals surface area contributed by atoms with E-state index in [0.29, 0.717) is 13.0 Å². The van der Waals surface area contributed by atoms with Crippen molar-refractivity contribution in [2.75, 3.05) is 78.9 Å². The zero-order valence-electron chi connectivity index (χ0n) is 40.0. The fourth-order valence-electron chi connectivity index (χ4n) is 6.43. The van der Waals surface area contributed by atoms with E-state index in [0.717, 1.165) is 10.4 Å². The highest BCUT2D eigenvalue weighted by atomic mass is 28.5. The van der Waals surface area contributed by atoms with Crippen LogP contribution in [0.5, 0.6) is 0 Å². The SMILES string of the molecule is CCO[Si](COCCCO[Si](O[Si](C)(C)O[Si](C)(C)C)(c1ccccc1)c1ccccc1)(O[Si](OCC)(OCC)OCC)O[Si](OCC)(OCC)O[Si](OCC)(OCC)OCC. The van der Waals surface area contributed by atoms with Gasteiger partial charge in [-0.25, -0.2) is 0 Å². The molecule has 0 bridgehead atoms. The largest absolute Gasteiger partial charge is 0.673 e. The van der Waals surface area contributed by atoms with Crippen LogP contribution in [-0.4, -0.2) is 140 Å². The maximum Gasteiger partial charge on any atom is 0.673 e. The van der Waals surface area contributed by atoms with E-state index in [2.05, 4.69) is 57.0 Å². The molecule has 0 aliphatic rings. The van der Waals surface area contributed by atoms with Gasteiger partial charge in [-0.3, -0.25) is 0 Å². The molecule has 2 aromatic rings. The molecule has 62 heavy (non-hydrogen) atoms. The first-order valence-electron chi connectivity index (χ1n) is 22.1. The van der Waals surface area contributed by atoms with Gasteiger partial charge in [0, 0.05) is 72.7 Å². The maximum absolute atomic E-state index is 7.26. The van der Waals surface area contributed by atoms with E-state index in [1.54, 1.807) is 13.8 Å². The summed E-state index contributed by atoms with van der Waals surface area (Å²) in [6.45, 7) is 29.5. The first-order valence-corrected chi connectivity index (χ1v) is 37.0. The molecule has 0 N–H and O–H groups in total. The second-order valence-electron chi connectivity index (χ2n) is 14.7. The summed E-state index contributed by atoms with van der Waals surface area (Å²) in [5.41, 5.74) is 0. The molecule has 1 unspecified atom stereocenters. The molecule has 0 fully saturated rings. The average Bonchev–Trinajstić information content (AvgIpc) is 3.19. The number of ether oxygens (including phenoxy) is 1. The Morgan fingerprint density at radius 3 is 1.13 bits per heavy atom. The Hall–Kier alpha value is -0.682. The Morgan fingerprint density at radius 2 is 0.742 bits per heavy atom. The maximum atomic E-state index is 7.26. The quantitative estimate of drug-likeness (QED) is 0.0543. The van der Waals surface area contributed by atoms with Gasteiger partial charge in [-0.1, -0.05) is 60.7 Å². The van der Waals surface area contributed by atoms with Crippen molar-refractivity contribution in [2.45, 2.75) is 101 Å². The second kappa shape index (κ2) is 28.5. The number of hydrogen-bond acceptors (Lipinski definition) is 16. The molecule has 0 amide bonds. The van der Waals surface area contributed by atoms with Crippen molar-refractivity contribution < 1.29 is 69.6 Å². The average molecular weight is 1000 g/mol. The van der Waals surface area contributed by atoms with Gasteiger partial charge in [-0.2, -0.15) is 0 Å². The van der Waals surface area contributed by atoms with Crippen molar-refractivity contribution in [3.05, 3.63) is 60.7 Å². The van der Waals surface area contributed by atoms with Crippen LogP contribution in [0.2, 0.25) is 32.7 Å². The molecule has 0 spiro atoms. The molecule has 0 aliphatic heterocycles. The molecule has 0 saturated carbocycles. The minimum atomic E-state index is -4.37. The molecule has 0 aromatic heterocycles. The molecule has 0 heterocycles. The molecule has 2 aromatic carbocycles. The van der Waals surface area contributed by atoms with Gasteiger partial charge in [-0.15, -0.1) is 0 Å². The van der Waals surface area contributed by atoms with Gasteiger partial charge in [0.2, 0.25) is 0 Å². The van der Waals surface area contributed by atoms with Gasteiger partial charge in [0.25, 0.3) is 0 Å². The predicted octanol–water partition coefficient (Wildman–Crippen LogP) is 6.40. The van der Waals surface area contributed by atoms with Gasteiger partial charge in [-0.05, 0) is 112 Å². The Balaban J connectivity index is 2.63. The molecule has 16 nitrogen and oxygen atoms in total. The van der Waals surface area contributed by atoms with Gasteiger partial charge < -0.3 is 69.6 Å². The monoisotopic (exact) mass is 998 g/mol. The van der Waals surface area contributed by atoms with Crippen molar-refractivity contribution in [3.8, 4) is 0 Å². The molecule has 0 aliphatic carbocycles. The highest BCUT2D eigenvalue weighted by Crippen LogP contribution is 2.30. The van der Waals surface area contributed by atoms with E-state index in [4.69, 9.17) is 69.6 Å². The highest BCUT2D eigenvalue weighted by molar-refractivity contribution is 6.98. The molecule has 23 heteroatoms. The standard InChI is InChI=1S/C39H78O16Si7/c1-15-41-58(53-60(42-16-2,43-17-3)44-18-4,54-62(48-22-8,49-23-9)55-61(45-19-5,46-20-6)47-21-7)37-40-35-30-36-50-59(38-31-26-24-27-32-38,39-33-28-25-29-34-39)52-57(13,14)51-56(10,11)12/h24-29,31-34H,15-23,30,35-37H2,1-14H3. The molecule has 0 saturated heterocycles. The lowest BCUT2D eigenvalue weighted by atomic mass is 10.4. The van der Waals surface area contributed by atoms with Crippen molar-refractivity contribution >= 4 is 71.8 Å². The molecule has 2 rings (SSSR count). The topological polar surface area (TPSA) is 148 Å². The first-order chi connectivity index (χ1) is 29.5. The first kappa shape index (κ1) is 57.4. The molecular weight excluding hydrogens is 921 g/mol. The Morgan fingerprint density at radius 1 is 0.371 bits per heavy atom. The lowest BCUT2D eigenvalue weighted by molar-refractivity contribution is -0.0663. The second-order valence-corrected chi connectivity index (χ2v) is 35.7. The zero-order valence-corrected chi connectivity index (χ0v) is 47.0. The van der Waals surface area contributed by atoms with Crippen molar-refractivity contribution in [3.63, 3.8) is 0 Å². The van der Waals surface area contributed by atoms with Gasteiger partial charge in [0.1, 0.15) is 6.23 Å². The van der Waals surface area contributed by atoms with E-state index in [1.807, 2.05) is 84.9 Å². The smallest absolute Gasteiger partial charge is 0.437 e. The lowest BCUT2D eigenvalue weighted by Crippen LogP contribution is -2.71. The fourth-order valence-corrected chi connectivity index (χ4v) is 32.2. The van der Waals surface area contributed by atoms with Crippen LogP contribution in [0.3, 0.4) is 0 Å². The van der Waals surface area contributed by atoms with Crippen LogP contribution in [-0.2, 0) is 69.6 Å². The summed E-state index contributed by atoms with van der Waals surface area (Å²) < 4.78 is 104. The summed E-state index contributed by atoms with van der Waals surface area (Å²) >= 11 is 0. The highest BCUT2D eigenvalue weighted by Gasteiger charge is 2.67.